The average Bonchev–Trinajstić information content (AvgIpc) is 2.39. The lowest BCUT2D eigenvalue weighted by atomic mass is 10.0. The maximum atomic E-state index is 10.8. The number of rotatable bonds is 3. The van der Waals surface area contributed by atoms with Gasteiger partial charge in [0.15, 0.2) is 0 Å². The first-order valence-electron chi connectivity index (χ1n) is 5.40. The molecule has 1 N–H and O–H groups in total. The lowest BCUT2D eigenvalue weighted by Gasteiger charge is -2.09. The van der Waals surface area contributed by atoms with Gasteiger partial charge in [-0.25, -0.2) is 4.98 Å². The van der Waals surface area contributed by atoms with E-state index in [0.717, 1.165) is 0 Å². The summed E-state index contributed by atoms with van der Waals surface area (Å²) < 4.78 is 0. The highest BCUT2D eigenvalue weighted by atomic mass is 35.5. The number of aliphatic carboxylic acids is 1. The highest BCUT2D eigenvalue weighted by Gasteiger charge is 2.13. The third-order valence-electron chi connectivity index (χ3n) is 2.60. The van der Waals surface area contributed by atoms with E-state index in [1.807, 2.05) is 0 Å². The van der Waals surface area contributed by atoms with Gasteiger partial charge in [0, 0.05) is 22.9 Å². The molecule has 0 spiro atoms. The van der Waals surface area contributed by atoms with Crippen LogP contribution in [0.25, 0.3) is 11.1 Å². The number of benzene rings is 1. The van der Waals surface area contributed by atoms with Crippen molar-refractivity contribution in [1.82, 2.24) is 4.98 Å². The lowest BCUT2D eigenvalue weighted by molar-refractivity contribution is -0.136. The van der Waals surface area contributed by atoms with E-state index in [2.05, 4.69) is 4.98 Å². The van der Waals surface area contributed by atoms with Gasteiger partial charge in [0.2, 0.25) is 0 Å². The van der Waals surface area contributed by atoms with Gasteiger partial charge in [0.05, 0.1) is 21.5 Å². The zero-order valence-electron chi connectivity index (χ0n) is 9.83. The molecule has 2 rings (SSSR count). The van der Waals surface area contributed by atoms with Crippen LogP contribution in [0.5, 0.6) is 0 Å². The molecule has 0 aliphatic carbocycles. The lowest BCUT2D eigenvalue weighted by Crippen LogP contribution is -2.02. The maximum absolute atomic E-state index is 10.8. The van der Waals surface area contributed by atoms with Crippen LogP contribution in [0, 0.1) is 0 Å². The van der Waals surface area contributed by atoms with E-state index in [1.54, 1.807) is 18.2 Å². The second kappa shape index (κ2) is 6.19. The number of carbonyl (C=O) groups is 1. The molecule has 104 valence electrons. The number of nitrogens with zero attached hydrogens (tertiary/aromatic N) is 1. The smallest absolute Gasteiger partial charge is 0.307 e. The molecule has 0 atom stereocenters. The molecule has 0 saturated heterocycles. The van der Waals surface area contributed by atoms with Gasteiger partial charge in [-0.05, 0) is 12.1 Å². The molecule has 20 heavy (non-hydrogen) atoms. The monoisotopic (exact) mass is 349 g/mol. The molecule has 0 radical (unpaired) electrons. The first kappa shape index (κ1) is 15.4. The molecule has 7 heteroatoms. The quantitative estimate of drug-likeness (QED) is 0.626. The van der Waals surface area contributed by atoms with Crippen LogP contribution in [0.15, 0.2) is 24.4 Å². The highest BCUT2D eigenvalue weighted by molar-refractivity contribution is 6.49. The topological polar surface area (TPSA) is 50.2 Å². The Morgan fingerprint density at radius 1 is 1.15 bits per heavy atom. The number of carboxylic acid groups (broad SMARTS) is 1. The summed E-state index contributed by atoms with van der Waals surface area (Å²) in [5, 5.41) is 9.84. The van der Waals surface area contributed by atoms with Crippen molar-refractivity contribution in [3.63, 3.8) is 0 Å². The van der Waals surface area contributed by atoms with Crippen molar-refractivity contribution in [2.45, 2.75) is 6.42 Å². The minimum atomic E-state index is -0.994. The molecule has 0 aliphatic heterocycles. The molecule has 0 unspecified atom stereocenters. The van der Waals surface area contributed by atoms with Gasteiger partial charge >= 0.3 is 5.97 Å². The fraction of sp³-hybridized carbons (Fsp3) is 0.0769. The van der Waals surface area contributed by atoms with Crippen LogP contribution in [0.1, 0.15) is 5.56 Å². The van der Waals surface area contributed by atoms with E-state index < -0.39 is 5.97 Å². The van der Waals surface area contributed by atoms with E-state index in [-0.39, 0.29) is 21.6 Å². The molecular formula is C13H7Cl4NO2. The standard InChI is InChI=1S/C13H7Cl4NO2/c14-9-2-1-8(11(15)12(9)16)7-3-6(4-10(19)20)13(17)18-5-7/h1-3,5H,4H2,(H,19,20). The molecule has 1 heterocycles. The number of pyridine rings is 1. The predicted molar refractivity (Wildman–Crippen MR) is 81.1 cm³/mol. The number of hydrogen-bond acceptors (Lipinski definition) is 2. The molecule has 0 saturated carbocycles. The Kier molecular flexibility index (Phi) is 4.76. The van der Waals surface area contributed by atoms with Crippen molar-refractivity contribution in [3.8, 4) is 11.1 Å². The third-order valence-corrected chi connectivity index (χ3v) is 4.23. The minimum absolute atomic E-state index is 0.146. The summed E-state index contributed by atoms with van der Waals surface area (Å²) >= 11 is 23.9. The average molecular weight is 351 g/mol. The molecule has 0 bridgehead atoms. The Morgan fingerprint density at radius 2 is 1.85 bits per heavy atom. The first-order chi connectivity index (χ1) is 9.40. The normalized spacial score (nSPS) is 10.6. The van der Waals surface area contributed by atoms with E-state index in [1.165, 1.54) is 6.20 Å². The first-order valence-corrected chi connectivity index (χ1v) is 6.91. The molecule has 1 aromatic carbocycles. The fourth-order valence-corrected chi connectivity index (χ4v) is 2.49. The number of aromatic nitrogens is 1. The van der Waals surface area contributed by atoms with Crippen molar-refractivity contribution in [2.75, 3.05) is 0 Å². The van der Waals surface area contributed by atoms with Crippen LogP contribution in [-0.4, -0.2) is 16.1 Å². The highest BCUT2D eigenvalue weighted by Crippen LogP contribution is 2.38. The number of carboxylic acids is 1. The summed E-state index contributed by atoms with van der Waals surface area (Å²) in [5.41, 5.74) is 1.63. The minimum Gasteiger partial charge on any atom is -0.481 e. The third kappa shape index (κ3) is 3.18. The molecule has 1 aromatic heterocycles. The molecule has 0 fully saturated rings. The summed E-state index contributed by atoms with van der Waals surface area (Å²) in [6, 6.07) is 4.91. The Labute approximate surface area is 135 Å². The maximum Gasteiger partial charge on any atom is 0.307 e. The molecule has 3 nitrogen and oxygen atoms in total. The largest absolute Gasteiger partial charge is 0.481 e. The van der Waals surface area contributed by atoms with Crippen LogP contribution < -0.4 is 0 Å². The molecule has 2 aromatic rings. The van der Waals surface area contributed by atoms with Crippen molar-refractivity contribution in [3.05, 3.63) is 50.2 Å². The number of halogens is 4. The zero-order valence-corrected chi connectivity index (χ0v) is 12.9. The second-order valence-electron chi connectivity index (χ2n) is 3.97. The summed E-state index contributed by atoms with van der Waals surface area (Å²) in [7, 11) is 0. The van der Waals surface area contributed by atoms with Gasteiger partial charge in [0.1, 0.15) is 5.15 Å². The number of hydrogen-bond donors (Lipinski definition) is 1. The van der Waals surface area contributed by atoms with E-state index in [0.29, 0.717) is 21.7 Å². The van der Waals surface area contributed by atoms with Crippen molar-refractivity contribution in [2.24, 2.45) is 0 Å². The van der Waals surface area contributed by atoms with Crippen LogP contribution in [0.3, 0.4) is 0 Å². The van der Waals surface area contributed by atoms with Gasteiger partial charge in [-0.15, -0.1) is 0 Å². The predicted octanol–water partition coefficient (Wildman–Crippen LogP) is 4.99. The van der Waals surface area contributed by atoms with Crippen LogP contribution in [0.4, 0.5) is 0 Å². The summed E-state index contributed by atoms with van der Waals surface area (Å²) in [4.78, 5) is 14.8. The molecular weight excluding hydrogens is 344 g/mol. The van der Waals surface area contributed by atoms with Gasteiger partial charge < -0.3 is 5.11 Å². The van der Waals surface area contributed by atoms with Crippen LogP contribution in [-0.2, 0) is 11.2 Å². The van der Waals surface area contributed by atoms with E-state index in [4.69, 9.17) is 51.5 Å². The van der Waals surface area contributed by atoms with Gasteiger partial charge in [-0.1, -0.05) is 52.5 Å². The molecule has 0 amide bonds. The van der Waals surface area contributed by atoms with Crippen molar-refractivity contribution in [1.29, 1.82) is 0 Å². The SMILES string of the molecule is O=C(O)Cc1cc(-c2ccc(Cl)c(Cl)c2Cl)cnc1Cl. The van der Waals surface area contributed by atoms with Crippen molar-refractivity contribution < 1.29 is 9.90 Å². The second-order valence-corrected chi connectivity index (χ2v) is 5.49. The Hall–Kier alpha value is -1.000. The Bertz CT molecular complexity index is 688. The fourth-order valence-electron chi connectivity index (χ4n) is 1.68. The summed E-state index contributed by atoms with van der Waals surface area (Å²) in [5.74, 6) is -0.994. The Balaban J connectivity index is 2.54. The van der Waals surface area contributed by atoms with Crippen LogP contribution in [0.2, 0.25) is 20.2 Å². The Morgan fingerprint density at radius 3 is 2.50 bits per heavy atom. The van der Waals surface area contributed by atoms with Gasteiger partial charge in [-0.2, -0.15) is 0 Å². The summed E-state index contributed by atoms with van der Waals surface area (Å²) in [6.07, 6.45) is 1.28. The van der Waals surface area contributed by atoms with Gasteiger partial charge in [-0.3, -0.25) is 4.79 Å². The zero-order chi connectivity index (χ0) is 14.9. The molecule has 0 aliphatic rings. The van der Waals surface area contributed by atoms with Crippen LogP contribution >= 0.6 is 46.4 Å². The summed E-state index contributed by atoms with van der Waals surface area (Å²) in [6.45, 7) is 0. The van der Waals surface area contributed by atoms with Crippen molar-refractivity contribution >= 4 is 52.4 Å². The van der Waals surface area contributed by atoms with Gasteiger partial charge in [0.25, 0.3) is 0 Å². The van der Waals surface area contributed by atoms with E-state index >= 15 is 0 Å². The van der Waals surface area contributed by atoms with E-state index in [9.17, 15) is 4.79 Å².